The fraction of sp³-hybridized carbons (Fsp3) is 0.300. The summed E-state index contributed by atoms with van der Waals surface area (Å²) in [5.74, 6) is -0.233. The van der Waals surface area contributed by atoms with E-state index in [1.165, 1.54) is 0 Å². The molecule has 0 aliphatic rings. The zero-order valence-electron chi connectivity index (χ0n) is 7.37. The molecule has 0 saturated carbocycles. The summed E-state index contributed by atoms with van der Waals surface area (Å²) in [6.45, 7) is 2.09. The lowest BCUT2D eigenvalue weighted by atomic mass is 10.2. The van der Waals surface area contributed by atoms with Crippen molar-refractivity contribution < 1.29 is 9.53 Å². The van der Waals surface area contributed by atoms with Crippen LogP contribution in [0.1, 0.15) is 12.5 Å². The summed E-state index contributed by atoms with van der Waals surface area (Å²) in [7, 11) is 0. The van der Waals surface area contributed by atoms with E-state index in [1.54, 1.807) is 6.92 Å². The number of halogens is 1. The first kappa shape index (κ1) is 10.3. The van der Waals surface area contributed by atoms with Gasteiger partial charge in [-0.15, -0.1) is 0 Å². The Morgan fingerprint density at radius 3 is 2.62 bits per heavy atom. The van der Waals surface area contributed by atoms with E-state index in [4.69, 9.17) is 4.74 Å². The molecule has 13 heavy (non-hydrogen) atoms. The fourth-order valence-electron chi connectivity index (χ4n) is 0.844. The van der Waals surface area contributed by atoms with Crippen molar-refractivity contribution in [1.29, 1.82) is 0 Å². The lowest BCUT2D eigenvalue weighted by Gasteiger charge is -2.05. The summed E-state index contributed by atoms with van der Waals surface area (Å²) in [4.78, 5) is 10.8. The molecule has 0 bridgehead atoms. The summed E-state index contributed by atoms with van der Waals surface area (Å²) in [6.07, 6.45) is 0. The Hall–Kier alpha value is -0.830. The molecule has 2 nitrogen and oxygen atoms in total. The van der Waals surface area contributed by atoms with Gasteiger partial charge in [-0.3, -0.25) is 4.79 Å². The van der Waals surface area contributed by atoms with Gasteiger partial charge in [0.2, 0.25) is 0 Å². The number of alkyl halides is 1. The minimum Gasteiger partial charge on any atom is -0.460 e. The second-order valence-corrected chi connectivity index (χ2v) is 4.08. The Balaban J connectivity index is 2.40. The summed E-state index contributed by atoms with van der Waals surface area (Å²) < 4.78 is 5.00. The molecule has 0 fully saturated rings. The van der Waals surface area contributed by atoms with Gasteiger partial charge >= 0.3 is 5.97 Å². The topological polar surface area (TPSA) is 26.3 Å². The molecule has 1 aromatic carbocycles. The monoisotopic (exact) mass is 242 g/mol. The van der Waals surface area contributed by atoms with Crippen molar-refractivity contribution >= 4 is 21.9 Å². The van der Waals surface area contributed by atoms with Gasteiger partial charge in [0.15, 0.2) is 0 Å². The zero-order valence-corrected chi connectivity index (χ0v) is 8.95. The maximum absolute atomic E-state index is 11.0. The normalized spacial score (nSPS) is 12.2. The Morgan fingerprint density at radius 2 is 2.08 bits per heavy atom. The molecule has 1 aromatic rings. The van der Waals surface area contributed by atoms with Crippen LogP contribution in [0.25, 0.3) is 0 Å². The molecule has 0 aliphatic carbocycles. The van der Waals surface area contributed by atoms with Crippen molar-refractivity contribution in [2.75, 3.05) is 0 Å². The molecular formula is C10H11BrO2. The fourth-order valence-corrected chi connectivity index (χ4v) is 0.976. The maximum atomic E-state index is 11.0. The first-order chi connectivity index (χ1) is 6.20. The summed E-state index contributed by atoms with van der Waals surface area (Å²) in [5, 5.41) is 0. The van der Waals surface area contributed by atoms with Gasteiger partial charge < -0.3 is 4.74 Å². The second-order valence-electron chi connectivity index (χ2n) is 2.71. The van der Waals surface area contributed by atoms with Gasteiger partial charge in [0.05, 0.1) is 0 Å². The van der Waals surface area contributed by atoms with E-state index >= 15 is 0 Å². The second kappa shape index (κ2) is 5.02. The van der Waals surface area contributed by atoms with Crippen LogP contribution >= 0.6 is 15.9 Å². The van der Waals surface area contributed by atoms with Gasteiger partial charge in [-0.1, -0.05) is 46.3 Å². The molecular weight excluding hydrogens is 232 g/mol. The molecule has 0 saturated heterocycles. The van der Waals surface area contributed by atoms with Crippen LogP contribution in [0.2, 0.25) is 0 Å². The number of benzene rings is 1. The van der Waals surface area contributed by atoms with Crippen LogP contribution in [-0.4, -0.2) is 10.8 Å². The van der Waals surface area contributed by atoms with Crippen molar-refractivity contribution in [1.82, 2.24) is 0 Å². The first-order valence-electron chi connectivity index (χ1n) is 4.05. The minimum atomic E-state index is -0.240. The van der Waals surface area contributed by atoms with Crippen molar-refractivity contribution in [2.24, 2.45) is 0 Å². The number of carbonyl (C=O) groups is 1. The third-order valence-corrected chi connectivity index (χ3v) is 1.92. The van der Waals surface area contributed by atoms with Crippen LogP contribution < -0.4 is 0 Å². The summed E-state index contributed by atoms with van der Waals surface area (Å²) in [5.41, 5.74) is 1.00. The lowest BCUT2D eigenvalue weighted by Crippen LogP contribution is -2.13. The summed E-state index contributed by atoms with van der Waals surface area (Å²) in [6, 6.07) is 9.61. The number of hydrogen-bond acceptors (Lipinski definition) is 2. The predicted octanol–water partition coefficient (Wildman–Crippen LogP) is 2.51. The SMILES string of the molecule is CC(Br)C(=O)OCc1ccccc1. The highest BCUT2D eigenvalue weighted by atomic mass is 79.9. The molecule has 1 unspecified atom stereocenters. The Bertz CT molecular complexity index is 270. The molecule has 0 N–H and O–H groups in total. The minimum absolute atomic E-state index is 0.233. The molecule has 0 spiro atoms. The van der Waals surface area contributed by atoms with Crippen molar-refractivity contribution in [2.45, 2.75) is 18.4 Å². The van der Waals surface area contributed by atoms with E-state index < -0.39 is 0 Å². The van der Waals surface area contributed by atoms with E-state index in [2.05, 4.69) is 15.9 Å². The van der Waals surface area contributed by atoms with E-state index in [-0.39, 0.29) is 10.8 Å². The van der Waals surface area contributed by atoms with E-state index in [0.717, 1.165) is 5.56 Å². The number of carbonyl (C=O) groups excluding carboxylic acids is 1. The lowest BCUT2D eigenvalue weighted by molar-refractivity contribution is -0.143. The van der Waals surface area contributed by atoms with Crippen LogP contribution in [0.4, 0.5) is 0 Å². The molecule has 1 rings (SSSR count). The number of ether oxygens (including phenoxy) is 1. The number of esters is 1. The zero-order chi connectivity index (χ0) is 9.68. The van der Waals surface area contributed by atoms with Gasteiger partial charge in [0.25, 0.3) is 0 Å². The highest BCUT2D eigenvalue weighted by Gasteiger charge is 2.09. The Labute approximate surface area is 86.0 Å². The predicted molar refractivity (Wildman–Crippen MR) is 54.6 cm³/mol. The molecule has 0 aromatic heterocycles. The average molecular weight is 243 g/mol. The number of hydrogen-bond donors (Lipinski definition) is 0. The van der Waals surface area contributed by atoms with Crippen molar-refractivity contribution in [3.05, 3.63) is 35.9 Å². The standard InChI is InChI=1S/C10H11BrO2/c1-8(11)10(12)13-7-9-5-3-2-4-6-9/h2-6,8H,7H2,1H3. The van der Waals surface area contributed by atoms with Crippen LogP contribution in [0.3, 0.4) is 0 Å². The Kier molecular flexibility index (Phi) is 3.96. The van der Waals surface area contributed by atoms with Crippen LogP contribution in [0, 0.1) is 0 Å². The third kappa shape index (κ3) is 3.59. The van der Waals surface area contributed by atoms with E-state index in [9.17, 15) is 4.79 Å². The van der Waals surface area contributed by atoms with Gasteiger partial charge in [0.1, 0.15) is 11.4 Å². The molecule has 3 heteroatoms. The van der Waals surface area contributed by atoms with Crippen molar-refractivity contribution in [3.8, 4) is 0 Å². The van der Waals surface area contributed by atoms with Crippen molar-refractivity contribution in [3.63, 3.8) is 0 Å². The molecule has 0 radical (unpaired) electrons. The molecule has 1 atom stereocenters. The maximum Gasteiger partial charge on any atom is 0.319 e. The van der Waals surface area contributed by atoms with Gasteiger partial charge in [-0.2, -0.15) is 0 Å². The summed E-state index contributed by atoms with van der Waals surface area (Å²) >= 11 is 3.14. The van der Waals surface area contributed by atoms with Crippen LogP contribution in [0.15, 0.2) is 30.3 Å². The highest BCUT2D eigenvalue weighted by Crippen LogP contribution is 2.05. The Morgan fingerprint density at radius 1 is 1.46 bits per heavy atom. The molecule has 70 valence electrons. The highest BCUT2D eigenvalue weighted by molar-refractivity contribution is 9.10. The number of rotatable bonds is 3. The van der Waals surface area contributed by atoms with Gasteiger partial charge in [-0.25, -0.2) is 0 Å². The van der Waals surface area contributed by atoms with Gasteiger partial charge in [-0.05, 0) is 12.5 Å². The average Bonchev–Trinajstić information content (AvgIpc) is 2.15. The first-order valence-corrected chi connectivity index (χ1v) is 4.96. The smallest absolute Gasteiger partial charge is 0.319 e. The third-order valence-electron chi connectivity index (χ3n) is 1.55. The van der Waals surface area contributed by atoms with E-state index in [0.29, 0.717) is 6.61 Å². The quantitative estimate of drug-likeness (QED) is 0.602. The largest absolute Gasteiger partial charge is 0.460 e. The molecule has 0 aliphatic heterocycles. The molecule has 0 amide bonds. The van der Waals surface area contributed by atoms with Gasteiger partial charge in [0, 0.05) is 0 Å². The van der Waals surface area contributed by atoms with Crippen LogP contribution in [0.5, 0.6) is 0 Å². The van der Waals surface area contributed by atoms with Crippen LogP contribution in [-0.2, 0) is 16.1 Å². The van der Waals surface area contributed by atoms with E-state index in [1.807, 2.05) is 30.3 Å². The molecule has 0 heterocycles.